The van der Waals surface area contributed by atoms with Crippen molar-refractivity contribution in [1.82, 2.24) is 0 Å². The molecule has 0 spiro atoms. The van der Waals surface area contributed by atoms with Crippen molar-refractivity contribution in [2.24, 2.45) is 0 Å². The number of hydrogen-bond acceptors (Lipinski definition) is 4. The first-order valence-corrected chi connectivity index (χ1v) is 9.11. The van der Waals surface area contributed by atoms with Crippen LogP contribution in [0.25, 0.3) is 0 Å². The Hall–Kier alpha value is -3.15. The molecule has 1 aliphatic rings. The smallest absolute Gasteiger partial charge is 0.326 e. The van der Waals surface area contributed by atoms with Crippen molar-refractivity contribution in [2.75, 3.05) is 11.4 Å². The third kappa shape index (κ3) is 4.06. The molecule has 0 saturated carbocycles. The fourth-order valence-corrected chi connectivity index (χ4v) is 3.50. The first kappa shape index (κ1) is 19.6. The quantitative estimate of drug-likeness (QED) is 0.818. The van der Waals surface area contributed by atoms with E-state index in [0.717, 1.165) is 0 Å². The van der Waals surface area contributed by atoms with Crippen molar-refractivity contribution < 1.29 is 24.2 Å². The highest BCUT2D eigenvalue weighted by atomic mass is 16.6. The molecule has 0 aromatic heterocycles. The Balaban J connectivity index is 2.12. The van der Waals surface area contributed by atoms with Gasteiger partial charge >= 0.3 is 11.9 Å². The molecule has 3 rings (SSSR count). The number of carbonyl (C=O) groups excluding carboxylic acids is 2. The van der Waals surface area contributed by atoms with Gasteiger partial charge in [0.25, 0.3) is 5.91 Å². The Bertz CT molecular complexity index is 929. The van der Waals surface area contributed by atoms with E-state index in [1.807, 2.05) is 0 Å². The number of nitrogens with zero attached hydrogens (tertiary/aromatic N) is 1. The molecule has 0 radical (unpaired) electrons. The van der Waals surface area contributed by atoms with Crippen LogP contribution >= 0.6 is 0 Å². The molecule has 0 fully saturated rings. The second kappa shape index (κ2) is 7.46. The molecule has 1 heterocycles. The van der Waals surface area contributed by atoms with Gasteiger partial charge in [0.1, 0.15) is 12.1 Å². The number of carbonyl (C=O) groups is 3. The van der Waals surface area contributed by atoms with Gasteiger partial charge in [-0.05, 0) is 44.0 Å². The van der Waals surface area contributed by atoms with E-state index in [2.05, 4.69) is 0 Å². The number of rotatable bonds is 4. The second-order valence-corrected chi connectivity index (χ2v) is 7.77. The zero-order valence-corrected chi connectivity index (χ0v) is 16.1. The molecule has 2 aromatic rings. The van der Waals surface area contributed by atoms with Crippen LogP contribution in [-0.4, -0.2) is 35.1 Å². The Kier molecular flexibility index (Phi) is 5.23. The van der Waals surface area contributed by atoms with Gasteiger partial charge in [0.15, 0.2) is 0 Å². The monoisotopic (exact) mass is 381 g/mol. The molecule has 0 aliphatic carbocycles. The van der Waals surface area contributed by atoms with Crippen molar-refractivity contribution in [1.29, 1.82) is 0 Å². The normalized spacial score (nSPS) is 16.0. The summed E-state index contributed by atoms with van der Waals surface area (Å²) < 4.78 is 5.40. The van der Waals surface area contributed by atoms with Gasteiger partial charge < -0.3 is 9.84 Å². The zero-order valence-electron chi connectivity index (χ0n) is 16.1. The number of amides is 1. The van der Waals surface area contributed by atoms with Gasteiger partial charge in [-0.2, -0.15) is 0 Å². The molecule has 1 aliphatic heterocycles. The predicted molar refractivity (Wildman–Crippen MR) is 105 cm³/mol. The second-order valence-electron chi connectivity index (χ2n) is 7.77. The van der Waals surface area contributed by atoms with Gasteiger partial charge in [0.2, 0.25) is 0 Å². The number of para-hydroxylation sites is 1. The summed E-state index contributed by atoms with van der Waals surface area (Å²) >= 11 is 0. The number of esters is 1. The van der Waals surface area contributed by atoms with Gasteiger partial charge in [0.05, 0.1) is 6.42 Å². The predicted octanol–water partition coefficient (Wildman–Crippen LogP) is 3.60. The SMILES string of the molecule is CC(C)(C)OC(=O)CN1C(=O)c2ccccc2C(CC(=O)O)c2ccccc21. The topological polar surface area (TPSA) is 83.9 Å². The number of fused-ring (bicyclic) bond motifs is 2. The lowest BCUT2D eigenvalue weighted by Gasteiger charge is -2.26. The van der Waals surface area contributed by atoms with Gasteiger partial charge in [-0.15, -0.1) is 0 Å². The average Bonchev–Trinajstić information content (AvgIpc) is 2.70. The Labute approximate surface area is 163 Å². The largest absolute Gasteiger partial charge is 0.481 e. The van der Waals surface area contributed by atoms with Crippen molar-refractivity contribution >= 4 is 23.5 Å². The lowest BCUT2D eigenvalue weighted by atomic mass is 9.86. The lowest BCUT2D eigenvalue weighted by Crippen LogP contribution is -2.39. The zero-order chi connectivity index (χ0) is 20.5. The maximum atomic E-state index is 13.3. The molecule has 28 heavy (non-hydrogen) atoms. The summed E-state index contributed by atoms with van der Waals surface area (Å²) in [5, 5.41) is 9.44. The van der Waals surface area contributed by atoms with Crippen LogP contribution in [-0.2, 0) is 14.3 Å². The van der Waals surface area contributed by atoms with Crippen molar-refractivity contribution in [3.8, 4) is 0 Å². The molecule has 1 N–H and O–H groups in total. The van der Waals surface area contributed by atoms with E-state index >= 15 is 0 Å². The molecule has 0 bridgehead atoms. The van der Waals surface area contributed by atoms with Crippen LogP contribution in [0.2, 0.25) is 0 Å². The Morgan fingerprint density at radius 2 is 1.64 bits per heavy atom. The van der Waals surface area contributed by atoms with Crippen LogP contribution in [0.4, 0.5) is 5.69 Å². The number of aliphatic carboxylic acids is 1. The summed E-state index contributed by atoms with van der Waals surface area (Å²) in [6.07, 6.45) is -0.151. The maximum absolute atomic E-state index is 13.3. The molecule has 2 aromatic carbocycles. The summed E-state index contributed by atoms with van der Waals surface area (Å²) in [6.45, 7) is 5.05. The van der Waals surface area contributed by atoms with Crippen LogP contribution in [0.3, 0.4) is 0 Å². The fraction of sp³-hybridized carbons (Fsp3) is 0.318. The molecular weight excluding hydrogens is 358 g/mol. The minimum Gasteiger partial charge on any atom is -0.481 e. The van der Waals surface area contributed by atoms with Gasteiger partial charge in [-0.1, -0.05) is 36.4 Å². The summed E-state index contributed by atoms with van der Waals surface area (Å²) in [7, 11) is 0. The molecule has 1 unspecified atom stereocenters. The highest BCUT2D eigenvalue weighted by molar-refractivity contribution is 6.11. The maximum Gasteiger partial charge on any atom is 0.326 e. The highest BCUT2D eigenvalue weighted by Gasteiger charge is 2.34. The van der Waals surface area contributed by atoms with E-state index in [0.29, 0.717) is 22.4 Å². The summed E-state index contributed by atoms with van der Waals surface area (Å²) in [5.41, 5.74) is 1.60. The summed E-state index contributed by atoms with van der Waals surface area (Å²) in [6, 6.07) is 14.1. The minimum absolute atomic E-state index is 0.151. The number of ether oxygens (including phenoxy) is 1. The van der Waals surface area contributed by atoms with E-state index in [9.17, 15) is 19.5 Å². The summed E-state index contributed by atoms with van der Waals surface area (Å²) in [4.78, 5) is 38.7. The first-order chi connectivity index (χ1) is 13.2. The van der Waals surface area contributed by atoms with Gasteiger partial charge in [0, 0.05) is 17.2 Å². The molecule has 146 valence electrons. The van der Waals surface area contributed by atoms with E-state index in [1.165, 1.54) is 4.90 Å². The van der Waals surface area contributed by atoms with Crippen molar-refractivity contribution in [3.63, 3.8) is 0 Å². The number of hydrogen-bond donors (Lipinski definition) is 1. The third-order valence-corrected chi connectivity index (χ3v) is 4.50. The van der Waals surface area contributed by atoms with E-state index in [1.54, 1.807) is 69.3 Å². The average molecular weight is 381 g/mol. The minimum atomic E-state index is -0.956. The summed E-state index contributed by atoms with van der Waals surface area (Å²) in [5.74, 6) is -2.31. The van der Waals surface area contributed by atoms with E-state index < -0.39 is 23.5 Å². The fourth-order valence-electron chi connectivity index (χ4n) is 3.50. The number of anilines is 1. The first-order valence-electron chi connectivity index (χ1n) is 9.11. The van der Waals surface area contributed by atoms with Crippen molar-refractivity contribution in [3.05, 3.63) is 65.2 Å². The molecule has 6 heteroatoms. The van der Waals surface area contributed by atoms with Crippen LogP contribution in [0.1, 0.15) is 54.6 Å². The molecular formula is C22H23NO5. The standard InChI is InChI=1S/C22H23NO5/c1-22(2,3)28-20(26)13-23-18-11-7-6-9-15(18)17(12-19(24)25)14-8-4-5-10-16(14)21(23)27/h4-11,17H,12-13H2,1-3H3,(H,24,25). The number of carboxylic acids is 1. The van der Waals surface area contributed by atoms with Crippen LogP contribution in [0, 0.1) is 0 Å². The third-order valence-electron chi connectivity index (χ3n) is 4.50. The van der Waals surface area contributed by atoms with Crippen LogP contribution < -0.4 is 4.90 Å². The number of benzene rings is 2. The molecule has 1 amide bonds. The van der Waals surface area contributed by atoms with Gasteiger partial charge in [-0.25, -0.2) is 0 Å². The molecule has 1 atom stereocenters. The highest BCUT2D eigenvalue weighted by Crippen LogP contribution is 2.40. The van der Waals surface area contributed by atoms with E-state index in [4.69, 9.17) is 4.74 Å². The van der Waals surface area contributed by atoms with Crippen LogP contribution in [0.15, 0.2) is 48.5 Å². The van der Waals surface area contributed by atoms with Crippen molar-refractivity contribution in [2.45, 2.75) is 38.7 Å². The van der Waals surface area contributed by atoms with E-state index in [-0.39, 0.29) is 18.9 Å². The number of carboxylic acid groups (broad SMARTS) is 1. The lowest BCUT2D eigenvalue weighted by molar-refractivity contribution is -0.153. The van der Waals surface area contributed by atoms with Crippen LogP contribution in [0.5, 0.6) is 0 Å². The molecule has 6 nitrogen and oxygen atoms in total. The Morgan fingerprint density at radius 1 is 1.04 bits per heavy atom. The molecule has 0 saturated heterocycles. The van der Waals surface area contributed by atoms with Gasteiger partial charge in [-0.3, -0.25) is 19.3 Å². The Morgan fingerprint density at radius 3 is 2.29 bits per heavy atom.